The molecule has 4 aromatic rings. The number of nitrogens with zero attached hydrogens (tertiary/aromatic N) is 3. The predicted molar refractivity (Wildman–Crippen MR) is 135 cm³/mol. The Morgan fingerprint density at radius 3 is 2.43 bits per heavy atom. The maximum Gasteiger partial charge on any atom is 0.266 e. The van der Waals surface area contributed by atoms with Crippen LogP contribution in [-0.2, 0) is 14.4 Å². The summed E-state index contributed by atoms with van der Waals surface area (Å²) in [5.74, 6) is -1.61. The molecule has 3 aromatic carbocycles. The molecule has 0 N–H and O–H groups in total. The van der Waals surface area contributed by atoms with Gasteiger partial charge in [-0.3, -0.25) is 14.4 Å². The van der Waals surface area contributed by atoms with Crippen LogP contribution in [0.25, 0.3) is 10.9 Å². The van der Waals surface area contributed by atoms with Crippen LogP contribution >= 0.6 is 23.2 Å². The molecule has 3 heterocycles. The zero-order chi connectivity index (χ0) is 24.3. The van der Waals surface area contributed by atoms with Crippen molar-refractivity contribution in [2.45, 2.75) is 19.1 Å². The molecule has 2 aliphatic rings. The number of anilines is 2. The second-order valence-corrected chi connectivity index (χ2v) is 9.38. The van der Waals surface area contributed by atoms with E-state index in [4.69, 9.17) is 28.0 Å². The van der Waals surface area contributed by atoms with E-state index in [0.29, 0.717) is 27.5 Å². The van der Waals surface area contributed by atoms with E-state index in [0.717, 1.165) is 10.9 Å². The molecule has 0 spiro atoms. The molecule has 0 bridgehead atoms. The van der Waals surface area contributed by atoms with Crippen molar-refractivity contribution in [3.63, 3.8) is 0 Å². The lowest BCUT2D eigenvalue weighted by Gasteiger charge is -2.29. The average molecular weight is 504 g/mol. The molecule has 3 unspecified atom stereocenters. The van der Waals surface area contributed by atoms with Crippen LogP contribution in [0, 0.1) is 12.8 Å². The second kappa shape index (κ2) is 8.34. The Morgan fingerprint density at radius 1 is 0.886 bits per heavy atom. The van der Waals surface area contributed by atoms with Gasteiger partial charge in [-0.05, 0) is 48.9 Å². The number of hydrogen-bond acceptors (Lipinski definition) is 5. The summed E-state index contributed by atoms with van der Waals surface area (Å²) in [6.45, 7) is 1.78. The number of pyridine rings is 1. The molecule has 3 atom stereocenters. The number of amides is 2. The molecule has 35 heavy (non-hydrogen) atoms. The van der Waals surface area contributed by atoms with Gasteiger partial charge in [-0.15, -0.1) is 0 Å². The highest BCUT2D eigenvalue weighted by Crippen LogP contribution is 2.49. The predicted octanol–water partition coefficient (Wildman–Crippen LogP) is 5.90. The van der Waals surface area contributed by atoms with Gasteiger partial charge in [0.15, 0.2) is 6.10 Å². The summed E-state index contributed by atoms with van der Waals surface area (Å²) in [6.07, 6.45) is -1.01. The van der Waals surface area contributed by atoms with Crippen LogP contribution in [0.4, 0.5) is 11.4 Å². The zero-order valence-electron chi connectivity index (χ0n) is 18.6. The quantitative estimate of drug-likeness (QED) is 0.257. The van der Waals surface area contributed by atoms with Gasteiger partial charge in [0.2, 0.25) is 5.91 Å². The molecular formula is C27H19Cl2N3O3. The number of halogens is 2. The number of carbonyl (C=O) groups excluding carboxylic acids is 2. The maximum absolute atomic E-state index is 13.9. The number of fused-ring (bicyclic) bond motifs is 2. The van der Waals surface area contributed by atoms with Crippen molar-refractivity contribution in [1.82, 2.24) is 4.98 Å². The summed E-state index contributed by atoms with van der Waals surface area (Å²) in [4.78, 5) is 39.4. The summed E-state index contributed by atoms with van der Waals surface area (Å²) in [5.41, 5.74) is 3.18. The minimum atomic E-state index is -1.01. The fourth-order valence-corrected chi connectivity index (χ4v) is 5.35. The van der Waals surface area contributed by atoms with Crippen LogP contribution < -0.4 is 9.96 Å². The fourth-order valence-electron chi connectivity index (χ4n) is 4.92. The van der Waals surface area contributed by atoms with Gasteiger partial charge in [-0.25, -0.2) is 14.9 Å². The average Bonchev–Trinajstić information content (AvgIpc) is 3.37. The molecule has 2 aliphatic heterocycles. The number of hydroxylamine groups is 1. The Hall–Kier alpha value is -3.45. The highest BCUT2D eigenvalue weighted by molar-refractivity contribution is 6.33. The molecule has 0 aliphatic carbocycles. The van der Waals surface area contributed by atoms with Crippen LogP contribution in [0.2, 0.25) is 10.2 Å². The van der Waals surface area contributed by atoms with Crippen molar-refractivity contribution in [3.05, 3.63) is 100 Å². The number of rotatable bonds is 3. The first-order valence-electron chi connectivity index (χ1n) is 11.1. The number of carbonyl (C=O) groups is 2. The van der Waals surface area contributed by atoms with Crippen molar-refractivity contribution in [3.8, 4) is 0 Å². The molecule has 0 saturated carbocycles. The van der Waals surface area contributed by atoms with Crippen molar-refractivity contribution < 1.29 is 14.4 Å². The third-order valence-electron chi connectivity index (χ3n) is 6.63. The van der Waals surface area contributed by atoms with Crippen LogP contribution in [0.3, 0.4) is 0 Å². The van der Waals surface area contributed by atoms with Crippen LogP contribution in [0.1, 0.15) is 17.2 Å². The zero-order valence-corrected chi connectivity index (χ0v) is 20.1. The number of benzene rings is 3. The van der Waals surface area contributed by atoms with Gasteiger partial charge in [0.25, 0.3) is 5.91 Å². The van der Waals surface area contributed by atoms with Crippen LogP contribution in [0.5, 0.6) is 0 Å². The van der Waals surface area contributed by atoms with Gasteiger partial charge in [-0.2, -0.15) is 0 Å². The molecule has 174 valence electrons. The van der Waals surface area contributed by atoms with Crippen LogP contribution in [0.15, 0.2) is 78.9 Å². The Labute approximate surface area is 211 Å². The molecule has 2 saturated heterocycles. The molecule has 8 heteroatoms. The van der Waals surface area contributed by atoms with Gasteiger partial charge in [0.1, 0.15) is 11.1 Å². The van der Waals surface area contributed by atoms with E-state index in [2.05, 4.69) is 4.98 Å². The first kappa shape index (κ1) is 22.0. The second-order valence-electron chi connectivity index (χ2n) is 8.61. The maximum atomic E-state index is 13.9. The third-order valence-corrected chi connectivity index (χ3v) is 7.34. The van der Waals surface area contributed by atoms with Gasteiger partial charge < -0.3 is 0 Å². The Balaban J connectivity index is 1.51. The van der Waals surface area contributed by atoms with Gasteiger partial charge in [0.05, 0.1) is 22.9 Å². The lowest BCUT2D eigenvalue weighted by Crippen LogP contribution is -2.37. The van der Waals surface area contributed by atoms with E-state index < -0.39 is 24.0 Å². The van der Waals surface area contributed by atoms with Crippen molar-refractivity contribution in [1.29, 1.82) is 0 Å². The monoisotopic (exact) mass is 503 g/mol. The summed E-state index contributed by atoms with van der Waals surface area (Å²) in [6, 6.07) is 23.4. The smallest absolute Gasteiger partial charge is 0.266 e. The first-order chi connectivity index (χ1) is 17.0. The normalized spacial score (nSPS) is 21.7. The minimum Gasteiger partial charge on any atom is -0.273 e. The fraction of sp³-hybridized carbons (Fsp3) is 0.148. The molecule has 2 amide bonds. The van der Waals surface area contributed by atoms with Gasteiger partial charge in [0, 0.05) is 16.0 Å². The minimum absolute atomic E-state index is 0.261. The lowest BCUT2D eigenvalue weighted by molar-refractivity contribution is -0.126. The largest absolute Gasteiger partial charge is 0.273 e. The van der Waals surface area contributed by atoms with Gasteiger partial charge >= 0.3 is 0 Å². The topological polar surface area (TPSA) is 62.7 Å². The van der Waals surface area contributed by atoms with E-state index in [1.807, 2.05) is 60.7 Å². The van der Waals surface area contributed by atoms with Crippen molar-refractivity contribution >= 4 is 57.3 Å². The first-order valence-corrected chi connectivity index (χ1v) is 11.9. The Kier molecular flexibility index (Phi) is 5.25. The third kappa shape index (κ3) is 3.40. The molecule has 6 rings (SSSR count). The molecular weight excluding hydrogens is 485 g/mol. The Morgan fingerprint density at radius 2 is 1.63 bits per heavy atom. The number of imide groups is 1. The standard InChI is InChI=1S/C27H19Cl2N3O3/c1-15-19(28)11-7-13-21(15)31-26(33)22-23(18-14-16-8-5-6-12-20(16)30-25(18)29)32(35-24(22)27(31)34)17-9-3-2-4-10-17/h2-14,22-24H,1H3. The van der Waals surface area contributed by atoms with Crippen LogP contribution in [-0.4, -0.2) is 22.9 Å². The number of hydrogen-bond donors (Lipinski definition) is 0. The van der Waals surface area contributed by atoms with E-state index in [1.54, 1.807) is 30.2 Å². The van der Waals surface area contributed by atoms with Crippen molar-refractivity contribution in [2.75, 3.05) is 9.96 Å². The highest BCUT2D eigenvalue weighted by Gasteiger charge is 2.61. The van der Waals surface area contributed by atoms with E-state index in [1.165, 1.54) is 4.90 Å². The molecule has 1 aromatic heterocycles. The number of aromatic nitrogens is 1. The highest BCUT2D eigenvalue weighted by atomic mass is 35.5. The van der Waals surface area contributed by atoms with E-state index in [9.17, 15) is 9.59 Å². The number of para-hydroxylation sites is 2. The molecule has 6 nitrogen and oxygen atoms in total. The van der Waals surface area contributed by atoms with Gasteiger partial charge in [-0.1, -0.05) is 65.7 Å². The SMILES string of the molecule is Cc1c(Cl)cccc1N1C(=O)C2ON(c3ccccc3)C(c3cc4ccccc4nc3Cl)C2C1=O. The lowest BCUT2D eigenvalue weighted by atomic mass is 9.90. The van der Waals surface area contributed by atoms with E-state index in [-0.39, 0.29) is 11.1 Å². The molecule has 0 radical (unpaired) electrons. The van der Waals surface area contributed by atoms with Crippen molar-refractivity contribution in [2.24, 2.45) is 5.92 Å². The summed E-state index contributed by atoms with van der Waals surface area (Å²) < 4.78 is 0. The summed E-state index contributed by atoms with van der Waals surface area (Å²) in [5, 5.41) is 3.23. The Bertz CT molecular complexity index is 1490. The van der Waals surface area contributed by atoms with E-state index >= 15 is 0 Å². The summed E-state index contributed by atoms with van der Waals surface area (Å²) >= 11 is 13.0. The molecule has 2 fully saturated rings. The summed E-state index contributed by atoms with van der Waals surface area (Å²) in [7, 11) is 0.